The number of fused-ring (bicyclic) bond motifs is 8. The molecule has 0 fully saturated rings. The van der Waals surface area contributed by atoms with Crippen molar-refractivity contribution in [2.24, 2.45) is 0 Å². The summed E-state index contributed by atoms with van der Waals surface area (Å²) in [5.74, 6) is 1.68. The summed E-state index contributed by atoms with van der Waals surface area (Å²) in [7, 11) is 0. The van der Waals surface area contributed by atoms with Crippen LogP contribution in [0.2, 0.25) is 0 Å². The van der Waals surface area contributed by atoms with E-state index < -0.39 is 0 Å². The fourth-order valence-corrected chi connectivity index (χ4v) is 9.38. The van der Waals surface area contributed by atoms with Gasteiger partial charge in [0.05, 0.1) is 0 Å². The second-order valence-corrected chi connectivity index (χ2v) is 16.1. The highest BCUT2D eigenvalue weighted by molar-refractivity contribution is 6.00. The zero-order valence-electron chi connectivity index (χ0n) is 33.1. The van der Waals surface area contributed by atoms with Gasteiger partial charge in [-0.15, -0.1) is 0 Å². The summed E-state index contributed by atoms with van der Waals surface area (Å²) < 4.78 is 6.90. The summed E-state index contributed by atoms with van der Waals surface area (Å²) in [6.07, 6.45) is 0. The van der Waals surface area contributed by atoms with Crippen molar-refractivity contribution >= 4 is 17.1 Å². The second kappa shape index (κ2) is 13.9. The Morgan fingerprint density at radius 1 is 0.322 bits per heavy atom. The van der Waals surface area contributed by atoms with Gasteiger partial charge in [-0.25, -0.2) is 0 Å². The van der Waals surface area contributed by atoms with Crippen LogP contribution in [-0.4, -0.2) is 0 Å². The minimum Gasteiger partial charge on any atom is -0.456 e. The molecule has 280 valence electrons. The maximum absolute atomic E-state index is 6.90. The standard InChI is InChI=1S/C57H41NO/c1-57(2)52-28-11-9-24-47(52)48-32-30-45(37-53(48)57)58(43-23-14-21-41(35-43)39-18-7-4-8-19-39)44-31-33-55-51(36-44)56-46(26-15-27-50(56)49-25-10-12-29-54(49)59-55)42-22-13-20-40(34-42)38-16-5-3-6-17-38/h3-37H,1-2H3. The number of benzene rings is 9. The Kier molecular flexibility index (Phi) is 8.20. The fourth-order valence-electron chi connectivity index (χ4n) is 9.38. The van der Waals surface area contributed by atoms with Crippen LogP contribution in [0.4, 0.5) is 17.1 Å². The molecule has 1 aliphatic heterocycles. The lowest BCUT2D eigenvalue weighted by molar-refractivity contribution is 0.488. The van der Waals surface area contributed by atoms with E-state index >= 15 is 0 Å². The van der Waals surface area contributed by atoms with Crippen LogP contribution in [0.15, 0.2) is 212 Å². The van der Waals surface area contributed by atoms with E-state index in [1.807, 2.05) is 0 Å². The highest BCUT2D eigenvalue weighted by Crippen LogP contribution is 2.54. The molecule has 1 heterocycles. The van der Waals surface area contributed by atoms with E-state index in [1.165, 1.54) is 44.5 Å². The summed E-state index contributed by atoms with van der Waals surface area (Å²) in [6.45, 7) is 4.70. The van der Waals surface area contributed by atoms with Gasteiger partial charge >= 0.3 is 0 Å². The maximum atomic E-state index is 6.90. The van der Waals surface area contributed by atoms with E-state index in [-0.39, 0.29) is 5.41 Å². The summed E-state index contributed by atoms with van der Waals surface area (Å²) in [5.41, 5.74) is 19.9. The first kappa shape index (κ1) is 34.8. The van der Waals surface area contributed by atoms with Gasteiger partial charge in [-0.05, 0) is 116 Å². The molecule has 9 aromatic carbocycles. The zero-order valence-corrected chi connectivity index (χ0v) is 33.1. The number of ether oxygens (including phenoxy) is 1. The lowest BCUT2D eigenvalue weighted by Crippen LogP contribution is -2.16. The quantitative estimate of drug-likeness (QED) is 0.168. The van der Waals surface area contributed by atoms with Crippen LogP contribution in [0.1, 0.15) is 25.0 Å². The van der Waals surface area contributed by atoms with Gasteiger partial charge in [0.1, 0.15) is 11.5 Å². The van der Waals surface area contributed by atoms with Crippen LogP contribution in [0.25, 0.3) is 66.8 Å². The number of hydrogen-bond donors (Lipinski definition) is 0. The largest absolute Gasteiger partial charge is 0.456 e. The maximum Gasteiger partial charge on any atom is 0.135 e. The van der Waals surface area contributed by atoms with E-state index in [9.17, 15) is 0 Å². The molecule has 0 amide bonds. The van der Waals surface area contributed by atoms with Gasteiger partial charge in [0, 0.05) is 39.2 Å². The molecule has 2 aliphatic rings. The molecule has 0 N–H and O–H groups in total. The Hall–Kier alpha value is -7.42. The van der Waals surface area contributed by atoms with Gasteiger partial charge in [-0.3, -0.25) is 0 Å². The van der Waals surface area contributed by atoms with Crippen molar-refractivity contribution in [2.75, 3.05) is 4.90 Å². The van der Waals surface area contributed by atoms with E-state index in [0.717, 1.165) is 61.9 Å². The third kappa shape index (κ3) is 5.87. The minimum absolute atomic E-state index is 0.144. The SMILES string of the molecule is CC1(C)c2ccccc2-c2ccc(N(c3cccc(-c4ccccc4)c3)c3ccc4c(c3)-c3c(-c5cccc(-c6ccccc6)c5)cccc3-c3ccccc3O4)cc21. The minimum atomic E-state index is -0.144. The fraction of sp³-hybridized carbons (Fsp3) is 0.0526. The highest BCUT2D eigenvalue weighted by Gasteiger charge is 2.36. The lowest BCUT2D eigenvalue weighted by Gasteiger charge is -2.29. The first-order chi connectivity index (χ1) is 29.0. The molecule has 0 spiro atoms. The molecule has 1 aliphatic carbocycles. The monoisotopic (exact) mass is 755 g/mol. The average Bonchev–Trinajstić information content (AvgIpc) is 3.42. The van der Waals surface area contributed by atoms with E-state index in [2.05, 4.69) is 231 Å². The Bertz CT molecular complexity index is 3050. The molecule has 59 heavy (non-hydrogen) atoms. The van der Waals surface area contributed by atoms with Crippen LogP contribution in [0.3, 0.4) is 0 Å². The number of nitrogens with zero attached hydrogens (tertiary/aromatic N) is 1. The summed E-state index contributed by atoms with van der Waals surface area (Å²) in [6, 6.07) is 76.8. The highest BCUT2D eigenvalue weighted by atomic mass is 16.5. The number of para-hydroxylation sites is 1. The second-order valence-electron chi connectivity index (χ2n) is 16.1. The molecule has 11 rings (SSSR count). The number of hydrogen-bond acceptors (Lipinski definition) is 2. The third-order valence-electron chi connectivity index (χ3n) is 12.3. The smallest absolute Gasteiger partial charge is 0.135 e. The lowest BCUT2D eigenvalue weighted by atomic mass is 9.82. The molecular weight excluding hydrogens is 715 g/mol. The molecule has 0 unspecified atom stereocenters. The predicted octanol–water partition coefficient (Wildman–Crippen LogP) is 15.9. The van der Waals surface area contributed by atoms with Crippen LogP contribution in [0, 0.1) is 0 Å². The van der Waals surface area contributed by atoms with Gasteiger partial charge in [0.25, 0.3) is 0 Å². The Balaban J connectivity index is 1.14. The summed E-state index contributed by atoms with van der Waals surface area (Å²) in [5, 5.41) is 0. The van der Waals surface area contributed by atoms with Crippen LogP contribution >= 0.6 is 0 Å². The molecule has 2 nitrogen and oxygen atoms in total. The zero-order chi connectivity index (χ0) is 39.5. The van der Waals surface area contributed by atoms with Crippen molar-refractivity contribution in [3.63, 3.8) is 0 Å². The Morgan fingerprint density at radius 2 is 0.847 bits per heavy atom. The average molecular weight is 756 g/mol. The van der Waals surface area contributed by atoms with Crippen molar-refractivity contribution in [1.82, 2.24) is 0 Å². The molecular formula is C57H41NO. The molecule has 2 heteroatoms. The van der Waals surface area contributed by atoms with Gasteiger partial charge in [-0.1, -0.05) is 172 Å². The number of anilines is 3. The molecule has 0 bridgehead atoms. The van der Waals surface area contributed by atoms with Crippen LogP contribution in [0.5, 0.6) is 11.5 Å². The van der Waals surface area contributed by atoms with Crippen molar-refractivity contribution in [1.29, 1.82) is 0 Å². The molecule has 0 aromatic heterocycles. The molecule has 0 saturated carbocycles. The van der Waals surface area contributed by atoms with E-state index in [0.29, 0.717) is 0 Å². The van der Waals surface area contributed by atoms with Crippen molar-refractivity contribution < 1.29 is 4.74 Å². The molecule has 0 radical (unpaired) electrons. The first-order valence-corrected chi connectivity index (χ1v) is 20.4. The molecule has 9 aromatic rings. The third-order valence-corrected chi connectivity index (χ3v) is 12.3. The van der Waals surface area contributed by atoms with Gasteiger partial charge < -0.3 is 9.64 Å². The summed E-state index contributed by atoms with van der Waals surface area (Å²) >= 11 is 0. The molecule has 0 saturated heterocycles. The van der Waals surface area contributed by atoms with Crippen LogP contribution < -0.4 is 9.64 Å². The topological polar surface area (TPSA) is 12.5 Å². The van der Waals surface area contributed by atoms with Gasteiger partial charge in [0.15, 0.2) is 0 Å². The molecule has 0 atom stereocenters. The first-order valence-electron chi connectivity index (χ1n) is 20.4. The van der Waals surface area contributed by atoms with Crippen molar-refractivity contribution in [3.05, 3.63) is 223 Å². The Morgan fingerprint density at radius 3 is 1.64 bits per heavy atom. The van der Waals surface area contributed by atoms with E-state index in [1.54, 1.807) is 0 Å². The normalized spacial score (nSPS) is 12.8. The van der Waals surface area contributed by atoms with Crippen molar-refractivity contribution in [3.8, 4) is 78.3 Å². The van der Waals surface area contributed by atoms with Crippen molar-refractivity contribution in [2.45, 2.75) is 19.3 Å². The van der Waals surface area contributed by atoms with Gasteiger partial charge in [-0.2, -0.15) is 0 Å². The predicted molar refractivity (Wildman–Crippen MR) is 246 cm³/mol. The number of rotatable bonds is 6. The summed E-state index contributed by atoms with van der Waals surface area (Å²) in [4.78, 5) is 2.42. The Labute approximate surface area is 346 Å². The van der Waals surface area contributed by atoms with E-state index in [4.69, 9.17) is 4.74 Å². The van der Waals surface area contributed by atoms with Crippen LogP contribution in [-0.2, 0) is 5.41 Å². The van der Waals surface area contributed by atoms with Gasteiger partial charge in [0.2, 0.25) is 0 Å².